The van der Waals surface area contributed by atoms with Gasteiger partial charge in [-0.15, -0.1) is 11.3 Å². The molecule has 0 aliphatic heterocycles. The minimum atomic E-state index is -1.23. The Hall–Kier alpha value is -2.64. The Morgan fingerprint density at radius 1 is 1.31 bits per heavy atom. The van der Waals surface area contributed by atoms with Crippen molar-refractivity contribution < 1.29 is 14.6 Å². The molecule has 2 aliphatic rings. The molecule has 0 bridgehead atoms. The number of aromatic amines is 1. The Morgan fingerprint density at radius 3 is 2.79 bits per heavy atom. The van der Waals surface area contributed by atoms with Gasteiger partial charge in [-0.2, -0.15) is 0 Å². The number of fused-ring (bicyclic) bond motifs is 2. The summed E-state index contributed by atoms with van der Waals surface area (Å²) >= 11 is 1.76. The average molecular weight is 410 g/mol. The van der Waals surface area contributed by atoms with Crippen molar-refractivity contribution in [1.29, 1.82) is 0 Å². The molecule has 1 saturated carbocycles. The third kappa shape index (κ3) is 2.96. The van der Waals surface area contributed by atoms with Crippen LogP contribution in [0.3, 0.4) is 0 Å². The summed E-state index contributed by atoms with van der Waals surface area (Å²) in [6.07, 6.45) is 6.27. The number of aromatic carboxylic acids is 1. The van der Waals surface area contributed by atoms with Crippen molar-refractivity contribution in [2.24, 2.45) is 5.73 Å². The predicted molar refractivity (Wildman–Crippen MR) is 113 cm³/mol. The number of carboxylic acid groups (broad SMARTS) is 1. The van der Waals surface area contributed by atoms with Crippen LogP contribution in [-0.4, -0.2) is 29.2 Å². The van der Waals surface area contributed by atoms with Gasteiger partial charge in [0.1, 0.15) is 5.56 Å². The summed E-state index contributed by atoms with van der Waals surface area (Å²) in [5.41, 5.74) is 9.43. The minimum absolute atomic E-state index is 0.209. The van der Waals surface area contributed by atoms with Crippen molar-refractivity contribution in [2.75, 3.05) is 7.11 Å². The van der Waals surface area contributed by atoms with Crippen LogP contribution in [0.4, 0.5) is 0 Å². The van der Waals surface area contributed by atoms with Crippen molar-refractivity contribution in [1.82, 2.24) is 4.98 Å². The summed E-state index contributed by atoms with van der Waals surface area (Å²) in [6.45, 7) is 0. The van der Waals surface area contributed by atoms with E-state index in [0.29, 0.717) is 22.6 Å². The van der Waals surface area contributed by atoms with Gasteiger partial charge in [0.25, 0.3) is 0 Å². The summed E-state index contributed by atoms with van der Waals surface area (Å²) in [5.74, 6) is -0.245. The zero-order valence-corrected chi connectivity index (χ0v) is 16.9. The molecular formula is C22H22N2O4S. The Morgan fingerprint density at radius 2 is 2.10 bits per heavy atom. The maximum absolute atomic E-state index is 12.8. The first kappa shape index (κ1) is 18.4. The lowest BCUT2D eigenvalue weighted by atomic mass is 9.93. The molecule has 0 radical (unpaired) electrons. The molecule has 29 heavy (non-hydrogen) atoms. The molecule has 6 nitrogen and oxygen atoms in total. The molecule has 1 atom stereocenters. The molecule has 0 amide bonds. The Kier molecular flexibility index (Phi) is 4.26. The maximum atomic E-state index is 12.8. The number of hydrogen-bond acceptors (Lipinski definition) is 5. The van der Waals surface area contributed by atoms with Gasteiger partial charge < -0.3 is 20.6 Å². The molecule has 5 rings (SSSR count). The largest absolute Gasteiger partial charge is 0.494 e. The van der Waals surface area contributed by atoms with Crippen LogP contribution >= 0.6 is 11.3 Å². The number of nitrogens with one attached hydrogen (secondary N) is 1. The van der Waals surface area contributed by atoms with Crippen molar-refractivity contribution in [3.8, 4) is 16.2 Å². The molecule has 2 heterocycles. The highest BCUT2D eigenvalue weighted by molar-refractivity contribution is 7.15. The molecule has 1 fully saturated rings. The van der Waals surface area contributed by atoms with Crippen LogP contribution < -0.4 is 15.9 Å². The van der Waals surface area contributed by atoms with E-state index in [-0.39, 0.29) is 11.6 Å². The van der Waals surface area contributed by atoms with Gasteiger partial charge in [0.05, 0.1) is 18.0 Å². The van der Waals surface area contributed by atoms with E-state index in [1.54, 1.807) is 18.4 Å². The second-order valence-corrected chi connectivity index (χ2v) is 9.11. The van der Waals surface area contributed by atoms with E-state index in [1.807, 2.05) is 6.07 Å². The van der Waals surface area contributed by atoms with Crippen LogP contribution in [0.2, 0.25) is 0 Å². The third-order valence-electron chi connectivity index (χ3n) is 5.99. The number of nitrogens with two attached hydrogens (primary N) is 1. The second kappa shape index (κ2) is 6.71. The van der Waals surface area contributed by atoms with Crippen molar-refractivity contribution >= 4 is 28.2 Å². The number of benzene rings is 1. The molecular weight excluding hydrogens is 388 g/mol. The maximum Gasteiger partial charge on any atom is 0.341 e. The van der Waals surface area contributed by atoms with Crippen LogP contribution in [0.5, 0.6) is 5.75 Å². The fourth-order valence-corrected chi connectivity index (χ4v) is 5.71. The highest BCUT2D eigenvalue weighted by atomic mass is 32.1. The highest BCUT2D eigenvalue weighted by Crippen LogP contribution is 2.51. The first-order chi connectivity index (χ1) is 14.0. The summed E-state index contributed by atoms with van der Waals surface area (Å²) < 4.78 is 5.80. The lowest BCUT2D eigenvalue weighted by Gasteiger charge is -2.17. The Bertz CT molecular complexity index is 1210. The zero-order chi connectivity index (χ0) is 20.3. The molecule has 1 unspecified atom stereocenters. The van der Waals surface area contributed by atoms with E-state index in [9.17, 15) is 14.7 Å². The average Bonchev–Trinajstić information content (AvgIpc) is 3.46. The number of ether oxygens (including phenoxy) is 1. The summed E-state index contributed by atoms with van der Waals surface area (Å²) in [7, 11) is 1.60. The quantitative estimate of drug-likeness (QED) is 0.609. The molecule has 2 aromatic heterocycles. The molecule has 1 aromatic carbocycles. The van der Waals surface area contributed by atoms with Crippen LogP contribution in [0.15, 0.2) is 23.1 Å². The minimum Gasteiger partial charge on any atom is -0.494 e. The van der Waals surface area contributed by atoms with E-state index in [2.05, 4.69) is 11.1 Å². The van der Waals surface area contributed by atoms with Crippen LogP contribution in [0.1, 0.15) is 51.5 Å². The monoisotopic (exact) mass is 410 g/mol. The van der Waals surface area contributed by atoms with E-state index in [0.717, 1.165) is 48.1 Å². The molecule has 7 heteroatoms. The van der Waals surface area contributed by atoms with E-state index in [1.165, 1.54) is 16.6 Å². The number of pyridine rings is 1. The van der Waals surface area contributed by atoms with Gasteiger partial charge >= 0.3 is 5.97 Å². The summed E-state index contributed by atoms with van der Waals surface area (Å²) in [5, 5.41) is 9.70. The van der Waals surface area contributed by atoms with Gasteiger partial charge in [-0.3, -0.25) is 4.79 Å². The highest BCUT2D eigenvalue weighted by Gasteiger charge is 2.32. The molecule has 2 aliphatic carbocycles. The van der Waals surface area contributed by atoms with Crippen molar-refractivity contribution in [2.45, 2.75) is 44.1 Å². The number of thiophene rings is 1. The number of hydrogen-bond donors (Lipinski definition) is 3. The second-order valence-electron chi connectivity index (χ2n) is 7.97. The number of aryl methyl sites for hydroxylation is 1. The fourth-order valence-electron chi connectivity index (χ4n) is 4.34. The zero-order valence-electron chi connectivity index (χ0n) is 16.1. The lowest BCUT2D eigenvalue weighted by molar-refractivity contribution is 0.0695. The number of carboxylic acids is 1. The van der Waals surface area contributed by atoms with Gasteiger partial charge in [-0.25, -0.2) is 4.79 Å². The van der Waals surface area contributed by atoms with Crippen LogP contribution in [-0.2, 0) is 12.8 Å². The van der Waals surface area contributed by atoms with Gasteiger partial charge in [0.15, 0.2) is 5.75 Å². The number of rotatable bonds is 4. The number of aromatic nitrogens is 1. The molecule has 0 spiro atoms. The van der Waals surface area contributed by atoms with E-state index < -0.39 is 11.4 Å². The smallest absolute Gasteiger partial charge is 0.341 e. The normalized spacial score (nSPS) is 18.6. The molecule has 3 aromatic rings. The Labute approximate surface area is 171 Å². The van der Waals surface area contributed by atoms with Crippen molar-refractivity contribution in [3.63, 3.8) is 0 Å². The van der Waals surface area contributed by atoms with Gasteiger partial charge in [0.2, 0.25) is 5.43 Å². The number of methoxy groups -OCH3 is 1. The predicted octanol–water partition coefficient (Wildman–Crippen LogP) is 3.66. The van der Waals surface area contributed by atoms with Gasteiger partial charge in [-0.05, 0) is 61.3 Å². The van der Waals surface area contributed by atoms with Crippen LogP contribution in [0.25, 0.3) is 21.3 Å². The van der Waals surface area contributed by atoms with Gasteiger partial charge in [0, 0.05) is 27.6 Å². The molecule has 150 valence electrons. The summed E-state index contributed by atoms with van der Waals surface area (Å²) in [6, 6.07) is 4.33. The lowest BCUT2D eigenvalue weighted by Crippen LogP contribution is -2.26. The molecule has 0 saturated heterocycles. The Balaban J connectivity index is 1.79. The molecule has 4 N–H and O–H groups in total. The fraction of sp³-hybridized carbons (Fsp3) is 0.364. The number of H-pyrrole nitrogens is 1. The van der Waals surface area contributed by atoms with Crippen molar-refractivity contribution in [3.05, 3.63) is 50.1 Å². The standard InChI is InChI=1S/C22H22N2O4S/c1-28-21-18(17-6-11-4-5-12(23)7-16(11)29-17)13(10-2-3-10)8-14-19(21)24-9-15(20(14)25)22(26)27/h6,8-10,12H,2-5,7,23H2,1H3,(H,24,25)(H,26,27). The van der Waals surface area contributed by atoms with Crippen LogP contribution in [0, 0.1) is 0 Å². The topological polar surface area (TPSA) is 105 Å². The third-order valence-corrected chi connectivity index (χ3v) is 7.21. The van der Waals surface area contributed by atoms with E-state index >= 15 is 0 Å². The van der Waals surface area contributed by atoms with Gasteiger partial charge in [-0.1, -0.05) is 0 Å². The SMILES string of the molecule is COc1c(-c2cc3c(s2)CC(N)CC3)c(C2CC2)cc2c(=O)c(C(=O)O)c[nH]c12. The first-order valence-corrected chi connectivity index (χ1v) is 10.7. The first-order valence-electron chi connectivity index (χ1n) is 9.85. The number of carbonyl (C=O) groups is 1. The summed E-state index contributed by atoms with van der Waals surface area (Å²) in [4.78, 5) is 29.7. The van der Waals surface area contributed by atoms with E-state index in [4.69, 9.17) is 10.5 Å².